The maximum atomic E-state index is 6.53. The number of rotatable bonds is 22. The van der Waals surface area contributed by atoms with Gasteiger partial charge in [-0.1, -0.05) is 50.6 Å². The van der Waals surface area contributed by atoms with Gasteiger partial charge in [-0.15, -0.1) is 0 Å². The second-order valence-electron chi connectivity index (χ2n) is 12.7. The predicted molar refractivity (Wildman–Crippen MR) is 196 cm³/mol. The zero-order valence-corrected chi connectivity index (χ0v) is 29.2. The van der Waals surface area contributed by atoms with Crippen LogP contribution in [0.25, 0.3) is 0 Å². The van der Waals surface area contributed by atoms with Crippen LogP contribution in [0.1, 0.15) is 63.5 Å². The number of nitrogens with zero attached hydrogens (tertiary/aromatic N) is 4. The van der Waals surface area contributed by atoms with Gasteiger partial charge in [-0.2, -0.15) is 0 Å². The fourth-order valence-electron chi connectivity index (χ4n) is 6.09. The standard InChI is InChI=1S/C40H58N4O3/c1-5-7-26-44(39-22-20-36(19-21-38(39)41-3)46-30-27-42(4)23-6-2)33-35-17-18-37(45-29-13-16-34-14-9-8-10-15-34)32-40(35)47-31-28-43-24-11-12-25-43/h8-10,14-15,17-22,32,36H,3,5-7,11-13,16,23-31,33H2,1-2,4H3. The van der Waals surface area contributed by atoms with Crippen molar-refractivity contribution in [1.82, 2.24) is 14.7 Å². The van der Waals surface area contributed by atoms with Crippen LogP contribution in [0.4, 0.5) is 0 Å². The molecule has 1 saturated heterocycles. The SMILES string of the molecule is C=NC1=C(N(CCCC)Cc2ccc(OCCCc3ccccc3)cc2OCCN2CCCC2)C=CC(OCCN(C)CCC)C=C1. The van der Waals surface area contributed by atoms with Crippen molar-refractivity contribution < 1.29 is 14.2 Å². The van der Waals surface area contributed by atoms with Crippen molar-refractivity contribution in [2.45, 2.75) is 71.4 Å². The topological polar surface area (TPSA) is 49.8 Å². The maximum Gasteiger partial charge on any atom is 0.128 e. The molecular formula is C40H58N4O3. The molecule has 1 aliphatic heterocycles. The number of aryl methyl sites for hydroxylation is 1. The number of likely N-dealkylation sites (N-methyl/N-ethyl adjacent to an activating group) is 1. The number of unbranched alkanes of at least 4 members (excludes halogenated alkanes) is 1. The van der Waals surface area contributed by atoms with Gasteiger partial charge in [-0.05, 0) is 114 Å². The lowest BCUT2D eigenvalue weighted by Crippen LogP contribution is -2.26. The average molecular weight is 643 g/mol. The van der Waals surface area contributed by atoms with E-state index in [-0.39, 0.29) is 6.10 Å². The molecule has 1 atom stereocenters. The van der Waals surface area contributed by atoms with Gasteiger partial charge in [0.1, 0.15) is 18.1 Å². The third kappa shape index (κ3) is 12.6. The van der Waals surface area contributed by atoms with Crippen molar-refractivity contribution in [2.75, 3.05) is 66.1 Å². The number of hydrogen-bond donors (Lipinski definition) is 0. The fourth-order valence-corrected chi connectivity index (χ4v) is 6.09. The number of aliphatic imine (C=N–C) groups is 1. The minimum Gasteiger partial charge on any atom is -0.493 e. The monoisotopic (exact) mass is 642 g/mol. The molecule has 0 amide bonds. The minimum absolute atomic E-state index is 0.102. The zero-order chi connectivity index (χ0) is 33.1. The van der Waals surface area contributed by atoms with Gasteiger partial charge in [-0.25, -0.2) is 0 Å². The zero-order valence-electron chi connectivity index (χ0n) is 29.2. The van der Waals surface area contributed by atoms with Crippen LogP contribution in [0.3, 0.4) is 0 Å². The summed E-state index contributed by atoms with van der Waals surface area (Å²) in [6, 6.07) is 16.9. The molecule has 1 aliphatic carbocycles. The molecule has 256 valence electrons. The summed E-state index contributed by atoms with van der Waals surface area (Å²) in [5.74, 6) is 1.75. The smallest absolute Gasteiger partial charge is 0.128 e. The molecule has 2 aromatic carbocycles. The van der Waals surface area contributed by atoms with E-state index in [0.717, 1.165) is 99.8 Å². The van der Waals surface area contributed by atoms with Crippen molar-refractivity contribution in [3.63, 3.8) is 0 Å². The molecule has 0 bridgehead atoms. The lowest BCUT2D eigenvalue weighted by atomic mass is 10.1. The van der Waals surface area contributed by atoms with Gasteiger partial charge in [0.25, 0.3) is 0 Å². The Morgan fingerprint density at radius 2 is 1.68 bits per heavy atom. The number of benzene rings is 2. The highest BCUT2D eigenvalue weighted by atomic mass is 16.5. The number of ether oxygens (including phenoxy) is 3. The lowest BCUT2D eigenvalue weighted by Gasteiger charge is -2.28. The average Bonchev–Trinajstić information content (AvgIpc) is 3.52. The molecule has 1 unspecified atom stereocenters. The lowest BCUT2D eigenvalue weighted by molar-refractivity contribution is 0.0952. The van der Waals surface area contributed by atoms with Crippen molar-refractivity contribution in [3.05, 3.63) is 95.4 Å². The van der Waals surface area contributed by atoms with Gasteiger partial charge in [-0.3, -0.25) is 9.89 Å². The molecule has 2 aromatic rings. The largest absolute Gasteiger partial charge is 0.493 e. The highest BCUT2D eigenvalue weighted by molar-refractivity contribution is 5.44. The van der Waals surface area contributed by atoms with Crippen molar-refractivity contribution in [2.24, 2.45) is 4.99 Å². The molecule has 7 heteroatoms. The minimum atomic E-state index is -0.102. The number of hydrogen-bond acceptors (Lipinski definition) is 7. The Balaban J connectivity index is 1.47. The highest BCUT2D eigenvalue weighted by Gasteiger charge is 2.18. The van der Waals surface area contributed by atoms with E-state index in [4.69, 9.17) is 14.2 Å². The Kier molecular flexibility index (Phi) is 16.1. The van der Waals surface area contributed by atoms with E-state index in [2.05, 4.69) is 120 Å². The van der Waals surface area contributed by atoms with Gasteiger partial charge >= 0.3 is 0 Å². The van der Waals surface area contributed by atoms with Crippen LogP contribution in [0.15, 0.2) is 89.2 Å². The number of allylic oxidation sites excluding steroid dienone is 2. The van der Waals surface area contributed by atoms with Crippen molar-refractivity contribution >= 4 is 6.72 Å². The van der Waals surface area contributed by atoms with Crippen LogP contribution < -0.4 is 9.47 Å². The van der Waals surface area contributed by atoms with E-state index in [1.165, 1.54) is 18.4 Å². The van der Waals surface area contributed by atoms with E-state index in [1.807, 2.05) is 0 Å². The van der Waals surface area contributed by atoms with Gasteiger partial charge in [0.15, 0.2) is 0 Å². The first-order valence-electron chi connectivity index (χ1n) is 17.9. The normalized spacial score (nSPS) is 16.6. The van der Waals surface area contributed by atoms with E-state index in [9.17, 15) is 0 Å². The first-order valence-corrected chi connectivity index (χ1v) is 17.9. The molecule has 0 saturated carbocycles. The number of likely N-dealkylation sites (tertiary alicyclic amines) is 1. The molecule has 0 radical (unpaired) electrons. The van der Waals surface area contributed by atoms with Crippen LogP contribution in [0.2, 0.25) is 0 Å². The van der Waals surface area contributed by atoms with Crippen LogP contribution in [0.5, 0.6) is 11.5 Å². The summed E-state index contributed by atoms with van der Waals surface area (Å²) in [4.78, 5) is 11.7. The molecule has 1 heterocycles. The van der Waals surface area contributed by atoms with Gasteiger partial charge in [0, 0.05) is 37.8 Å². The predicted octanol–water partition coefficient (Wildman–Crippen LogP) is 7.54. The summed E-state index contributed by atoms with van der Waals surface area (Å²) in [5.41, 5.74) is 4.40. The van der Waals surface area contributed by atoms with Gasteiger partial charge in [0.2, 0.25) is 0 Å². The molecule has 0 aromatic heterocycles. The first-order chi connectivity index (χ1) is 23.1. The molecule has 7 nitrogen and oxygen atoms in total. The second-order valence-corrected chi connectivity index (χ2v) is 12.7. The molecular weight excluding hydrogens is 584 g/mol. The maximum absolute atomic E-state index is 6.53. The summed E-state index contributed by atoms with van der Waals surface area (Å²) < 4.78 is 19.0. The Hall–Kier alpha value is -3.39. The Bertz CT molecular complexity index is 1290. The molecule has 4 rings (SSSR count). The van der Waals surface area contributed by atoms with E-state index >= 15 is 0 Å². The molecule has 47 heavy (non-hydrogen) atoms. The van der Waals surface area contributed by atoms with Crippen LogP contribution in [-0.4, -0.2) is 93.7 Å². The van der Waals surface area contributed by atoms with Crippen LogP contribution >= 0.6 is 0 Å². The van der Waals surface area contributed by atoms with E-state index in [0.29, 0.717) is 26.4 Å². The quantitative estimate of drug-likeness (QED) is 0.0977. The van der Waals surface area contributed by atoms with Crippen LogP contribution in [-0.2, 0) is 17.7 Å². The Morgan fingerprint density at radius 3 is 2.45 bits per heavy atom. The third-order valence-corrected chi connectivity index (χ3v) is 8.82. The summed E-state index contributed by atoms with van der Waals surface area (Å²) in [5, 5.41) is 0. The summed E-state index contributed by atoms with van der Waals surface area (Å²) in [6.45, 7) is 17.2. The molecule has 0 N–H and O–H groups in total. The van der Waals surface area contributed by atoms with Crippen molar-refractivity contribution in [1.29, 1.82) is 0 Å². The van der Waals surface area contributed by atoms with Crippen molar-refractivity contribution in [3.8, 4) is 11.5 Å². The van der Waals surface area contributed by atoms with Crippen LogP contribution in [0, 0.1) is 0 Å². The summed E-state index contributed by atoms with van der Waals surface area (Å²) in [6.07, 6.45) is 16.2. The Labute approximate surface area is 284 Å². The van der Waals surface area contributed by atoms with Gasteiger partial charge in [0.05, 0.1) is 30.7 Å². The summed E-state index contributed by atoms with van der Waals surface area (Å²) >= 11 is 0. The first kappa shape index (κ1) is 36.4. The third-order valence-electron chi connectivity index (χ3n) is 8.82. The fraction of sp³-hybridized carbons (Fsp3) is 0.525. The molecule has 1 fully saturated rings. The molecule has 2 aliphatic rings. The summed E-state index contributed by atoms with van der Waals surface area (Å²) in [7, 11) is 2.14. The molecule has 0 spiro atoms. The highest BCUT2D eigenvalue weighted by Crippen LogP contribution is 2.30. The Morgan fingerprint density at radius 1 is 0.872 bits per heavy atom. The van der Waals surface area contributed by atoms with E-state index < -0.39 is 0 Å². The second kappa shape index (κ2) is 20.8. The van der Waals surface area contributed by atoms with E-state index in [1.54, 1.807) is 0 Å². The van der Waals surface area contributed by atoms with Gasteiger partial charge < -0.3 is 24.0 Å².